The van der Waals surface area contributed by atoms with Gasteiger partial charge in [0.1, 0.15) is 5.75 Å². The third-order valence-electron chi connectivity index (χ3n) is 1.29. The maximum Gasteiger partial charge on any atom is 0.294 e. The second-order valence-corrected chi connectivity index (χ2v) is 5.96. The SMILES string of the molecule is O=S(=O)(O)c1cc(I)c(O)c(I)c1.[K]. The number of rotatable bonds is 1. The Morgan fingerprint density at radius 3 is 1.79 bits per heavy atom. The molecule has 14 heavy (non-hydrogen) atoms. The van der Waals surface area contributed by atoms with Gasteiger partial charge in [0.2, 0.25) is 0 Å². The van der Waals surface area contributed by atoms with Crippen molar-refractivity contribution in [3.05, 3.63) is 19.3 Å². The largest absolute Gasteiger partial charge is 0.506 e. The Balaban J connectivity index is 0.00000169. The molecule has 8 heteroatoms. The molecule has 0 aliphatic heterocycles. The van der Waals surface area contributed by atoms with Gasteiger partial charge in [-0.05, 0) is 57.3 Å². The maximum atomic E-state index is 10.7. The summed E-state index contributed by atoms with van der Waals surface area (Å²) in [6, 6.07) is 2.40. The van der Waals surface area contributed by atoms with Crippen molar-refractivity contribution < 1.29 is 18.1 Å². The second-order valence-electron chi connectivity index (χ2n) is 2.21. The zero-order chi connectivity index (χ0) is 10.2. The van der Waals surface area contributed by atoms with E-state index in [-0.39, 0.29) is 62.0 Å². The van der Waals surface area contributed by atoms with Gasteiger partial charge < -0.3 is 5.11 Å². The van der Waals surface area contributed by atoms with Gasteiger partial charge in [0, 0.05) is 51.4 Å². The van der Waals surface area contributed by atoms with E-state index in [9.17, 15) is 13.5 Å². The summed E-state index contributed by atoms with van der Waals surface area (Å²) in [6.07, 6.45) is 0. The van der Waals surface area contributed by atoms with Crippen LogP contribution in [0, 0.1) is 7.14 Å². The van der Waals surface area contributed by atoms with Crippen molar-refractivity contribution >= 4 is 107 Å². The molecule has 4 nitrogen and oxygen atoms in total. The fourth-order valence-electron chi connectivity index (χ4n) is 0.691. The molecule has 1 rings (SSSR count). The van der Waals surface area contributed by atoms with Crippen molar-refractivity contribution in [2.24, 2.45) is 0 Å². The molecule has 0 saturated heterocycles. The first-order chi connectivity index (χ1) is 5.82. The normalized spacial score (nSPS) is 10.8. The predicted octanol–water partition coefficient (Wildman–Crippen LogP) is 1.47. The van der Waals surface area contributed by atoms with Crippen molar-refractivity contribution in [1.82, 2.24) is 0 Å². The number of aromatic hydroxyl groups is 1. The molecule has 0 aliphatic carbocycles. The zero-order valence-electron chi connectivity index (χ0n) is 7.03. The first-order valence-corrected chi connectivity index (χ1v) is 6.57. The molecule has 0 atom stereocenters. The van der Waals surface area contributed by atoms with E-state index in [1.165, 1.54) is 12.1 Å². The Morgan fingerprint density at radius 2 is 1.50 bits per heavy atom. The second kappa shape index (κ2) is 6.09. The van der Waals surface area contributed by atoms with Crippen LogP contribution < -0.4 is 0 Å². The smallest absolute Gasteiger partial charge is 0.294 e. The van der Waals surface area contributed by atoms with Crippen LogP contribution in [0.15, 0.2) is 17.0 Å². The zero-order valence-corrected chi connectivity index (χ0v) is 15.3. The predicted molar refractivity (Wildman–Crippen MR) is 69.1 cm³/mol. The van der Waals surface area contributed by atoms with Crippen LogP contribution in [-0.4, -0.2) is 69.5 Å². The van der Waals surface area contributed by atoms with Crippen molar-refractivity contribution in [3.63, 3.8) is 0 Å². The maximum absolute atomic E-state index is 10.7. The topological polar surface area (TPSA) is 74.6 Å². The summed E-state index contributed by atoms with van der Waals surface area (Å²) in [7, 11) is -4.19. The number of phenols is 1. The molecule has 0 aliphatic rings. The van der Waals surface area contributed by atoms with Gasteiger partial charge in [-0.1, -0.05) is 0 Å². The van der Waals surface area contributed by atoms with Gasteiger partial charge in [0.25, 0.3) is 10.1 Å². The molecule has 0 fully saturated rings. The molecule has 0 bridgehead atoms. The van der Waals surface area contributed by atoms with Crippen LogP contribution in [0.4, 0.5) is 0 Å². The number of phenolic OH excluding ortho intramolecular Hbond substituents is 1. The number of hydrogen-bond acceptors (Lipinski definition) is 3. The van der Waals surface area contributed by atoms with Gasteiger partial charge in [-0.25, -0.2) is 0 Å². The quantitative estimate of drug-likeness (QED) is 0.375. The van der Waals surface area contributed by atoms with Crippen molar-refractivity contribution in [2.45, 2.75) is 4.90 Å². The summed E-state index contributed by atoms with van der Waals surface area (Å²) >= 11 is 3.57. The molecule has 0 aromatic heterocycles. The summed E-state index contributed by atoms with van der Waals surface area (Å²) < 4.78 is 30.9. The number of benzene rings is 1. The van der Waals surface area contributed by atoms with Crippen LogP contribution in [0.2, 0.25) is 0 Å². The summed E-state index contributed by atoms with van der Waals surface area (Å²) in [5.74, 6) is 0.0219. The number of halogens is 2. The molecule has 0 unspecified atom stereocenters. The van der Waals surface area contributed by atoms with E-state index in [1.807, 2.05) is 0 Å². The minimum atomic E-state index is -4.19. The van der Waals surface area contributed by atoms with Crippen LogP contribution in [0.3, 0.4) is 0 Å². The van der Waals surface area contributed by atoms with Crippen LogP contribution in [0.25, 0.3) is 0 Å². The average molecular weight is 465 g/mol. The van der Waals surface area contributed by atoms with E-state index in [0.29, 0.717) is 7.14 Å². The fourth-order valence-corrected chi connectivity index (χ4v) is 3.42. The molecule has 2 N–H and O–H groups in total. The fraction of sp³-hybridized carbons (Fsp3) is 0. The van der Waals surface area contributed by atoms with E-state index in [4.69, 9.17) is 4.55 Å². The molecule has 0 spiro atoms. The van der Waals surface area contributed by atoms with Crippen LogP contribution in [0.1, 0.15) is 0 Å². The Morgan fingerprint density at radius 1 is 1.14 bits per heavy atom. The van der Waals surface area contributed by atoms with E-state index in [1.54, 1.807) is 45.2 Å². The van der Waals surface area contributed by atoms with Crippen molar-refractivity contribution in [2.75, 3.05) is 0 Å². The number of hydrogen-bond donors (Lipinski definition) is 2. The minimum absolute atomic E-state index is 0. The molecular formula is C6H4I2KO4S. The van der Waals surface area contributed by atoms with Gasteiger partial charge in [0.15, 0.2) is 0 Å². The minimum Gasteiger partial charge on any atom is -0.506 e. The van der Waals surface area contributed by atoms with E-state index < -0.39 is 10.1 Å². The summed E-state index contributed by atoms with van der Waals surface area (Å²) in [5.41, 5.74) is 0. The first kappa shape index (κ1) is 16.0. The Kier molecular flexibility index (Phi) is 6.98. The first-order valence-electron chi connectivity index (χ1n) is 2.98. The third kappa shape index (κ3) is 4.12. The summed E-state index contributed by atoms with van der Waals surface area (Å²) in [5, 5.41) is 9.31. The third-order valence-corrected chi connectivity index (χ3v) is 3.76. The Labute approximate surface area is 151 Å². The molecule has 73 valence electrons. The van der Waals surface area contributed by atoms with Crippen molar-refractivity contribution in [3.8, 4) is 5.75 Å². The van der Waals surface area contributed by atoms with E-state index >= 15 is 0 Å². The monoisotopic (exact) mass is 465 g/mol. The molecular weight excluding hydrogens is 461 g/mol. The van der Waals surface area contributed by atoms with Gasteiger partial charge in [-0.3, -0.25) is 4.55 Å². The Hall–Kier alpha value is 2.03. The van der Waals surface area contributed by atoms with Crippen molar-refractivity contribution in [1.29, 1.82) is 0 Å². The van der Waals surface area contributed by atoms with Gasteiger partial charge in [-0.15, -0.1) is 0 Å². The van der Waals surface area contributed by atoms with Crippen LogP contribution in [-0.2, 0) is 10.1 Å². The summed E-state index contributed by atoms with van der Waals surface area (Å²) in [6.45, 7) is 0. The summed E-state index contributed by atoms with van der Waals surface area (Å²) in [4.78, 5) is -0.209. The average Bonchev–Trinajstić information content (AvgIpc) is 1.97. The molecule has 1 aromatic carbocycles. The molecule has 1 radical (unpaired) electrons. The molecule has 0 amide bonds. The van der Waals surface area contributed by atoms with E-state index in [2.05, 4.69) is 0 Å². The molecule has 0 saturated carbocycles. The van der Waals surface area contributed by atoms with Gasteiger partial charge in [0.05, 0.1) is 12.0 Å². The van der Waals surface area contributed by atoms with Gasteiger partial charge in [-0.2, -0.15) is 8.42 Å². The molecule has 1 aromatic rings. The standard InChI is InChI=1S/C6H4I2O4S.K/c7-4-1-3(13(10,11)12)2-5(8)6(4)9;/h1-2,9H,(H,10,11,12);. The van der Waals surface area contributed by atoms with Crippen LogP contribution in [0.5, 0.6) is 5.75 Å². The van der Waals surface area contributed by atoms with E-state index in [0.717, 1.165) is 0 Å². The van der Waals surface area contributed by atoms with Gasteiger partial charge >= 0.3 is 0 Å². The molecule has 0 heterocycles. The Bertz CT molecular complexity index is 422. The van der Waals surface area contributed by atoms with Crippen LogP contribution >= 0.6 is 45.2 Å².